The first kappa shape index (κ1) is 20.1. The maximum atomic E-state index is 5.51. The molecule has 4 heterocycles. The molecule has 7 nitrogen and oxygen atoms in total. The average Bonchev–Trinajstić information content (AvgIpc) is 3.14. The van der Waals surface area contributed by atoms with E-state index in [9.17, 15) is 0 Å². The first-order valence-corrected chi connectivity index (χ1v) is 11.1. The summed E-state index contributed by atoms with van der Waals surface area (Å²) in [5.74, 6) is 2.51. The standard InChI is InChI=1S/C21H28N6OS/c1-14(2)29-13-16-11-20(27-6-8-28-9-7-27)26-21(24-16)18-5-4-17-19(25-18)10-15(23-17)12-22-3/h4-5,10-11,14,22-23H,6-9,12-13H2,1-3H3. The van der Waals surface area contributed by atoms with E-state index in [4.69, 9.17) is 19.7 Å². The lowest BCUT2D eigenvalue weighted by atomic mass is 10.2. The number of aromatic nitrogens is 4. The molecule has 8 heteroatoms. The Morgan fingerprint density at radius 3 is 2.76 bits per heavy atom. The largest absolute Gasteiger partial charge is 0.378 e. The van der Waals surface area contributed by atoms with Crippen molar-refractivity contribution < 1.29 is 4.74 Å². The molecule has 1 saturated heterocycles. The Morgan fingerprint density at radius 2 is 2.00 bits per heavy atom. The fourth-order valence-electron chi connectivity index (χ4n) is 3.35. The fourth-order valence-corrected chi connectivity index (χ4v) is 4.01. The number of aromatic amines is 1. The summed E-state index contributed by atoms with van der Waals surface area (Å²) in [7, 11) is 1.94. The van der Waals surface area contributed by atoms with Gasteiger partial charge < -0.3 is 19.9 Å². The van der Waals surface area contributed by atoms with Crippen molar-refractivity contribution in [1.29, 1.82) is 0 Å². The minimum absolute atomic E-state index is 0.556. The molecule has 0 amide bonds. The molecule has 1 aliphatic rings. The van der Waals surface area contributed by atoms with Crippen molar-refractivity contribution in [3.8, 4) is 11.5 Å². The Balaban J connectivity index is 1.70. The van der Waals surface area contributed by atoms with Gasteiger partial charge in [0.15, 0.2) is 5.82 Å². The van der Waals surface area contributed by atoms with E-state index in [1.165, 1.54) is 0 Å². The van der Waals surface area contributed by atoms with Gasteiger partial charge in [-0.15, -0.1) is 0 Å². The normalized spacial score (nSPS) is 14.8. The van der Waals surface area contributed by atoms with Crippen LogP contribution in [0.15, 0.2) is 24.3 Å². The molecular formula is C21H28N6OS. The second-order valence-electron chi connectivity index (χ2n) is 7.45. The number of nitrogens with zero attached hydrogens (tertiary/aromatic N) is 4. The first-order chi connectivity index (χ1) is 14.1. The Morgan fingerprint density at radius 1 is 1.17 bits per heavy atom. The van der Waals surface area contributed by atoms with Crippen LogP contribution in [0.2, 0.25) is 0 Å². The molecule has 0 aliphatic carbocycles. The Labute approximate surface area is 175 Å². The van der Waals surface area contributed by atoms with Crippen LogP contribution in [0, 0.1) is 0 Å². The van der Waals surface area contributed by atoms with E-state index in [1.807, 2.05) is 24.9 Å². The first-order valence-electron chi connectivity index (χ1n) is 10.1. The van der Waals surface area contributed by atoms with Crippen molar-refractivity contribution in [2.75, 3.05) is 38.3 Å². The van der Waals surface area contributed by atoms with Gasteiger partial charge in [0, 0.05) is 37.1 Å². The number of fused-ring (bicyclic) bond motifs is 1. The molecule has 0 atom stereocenters. The van der Waals surface area contributed by atoms with E-state index in [1.54, 1.807) is 0 Å². The van der Waals surface area contributed by atoms with Gasteiger partial charge in [-0.25, -0.2) is 15.0 Å². The lowest BCUT2D eigenvalue weighted by Crippen LogP contribution is -2.37. The number of thioether (sulfide) groups is 1. The van der Waals surface area contributed by atoms with Crippen LogP contribution in [0.5, 0.6) is 0 Å². The maximum absolute atomic E-state index is 5.51. The third-order valence-corrected chi connectivity index (χ3v) is 5.92. The van der Waals surface area contributed by atoms with E-state index < -0.39 is 0 Å². The summed E-state index contributed by atoms with van der Waals surface area (Å²) in [5, 5.41) is 3.72. The summed E-state index contributed by atoms with van der Waals surface area (Å²) in [6.07, 6.45) is 0. The van der Waals surface area contributed by atoms with Crippen LogP contribution in [0.4, 0.5) is 5.82 Å². The summed E-state index contributed by atoms with van der Waals surface area (Å²) in [5.41, 5.74) is 4.93. The zero-order valence-electron chi connectivity index (χ0n) is 17.2. The van der Waals surface area contributed by atoms with E-state index in [0.29, 0.717) is 11.1 Å². The maximum Gasteiger partial charge on any atom is 0.180 e. The van der Waals surface area contributed by atoms with Gasteiger partial charge in [-0.2, -0.15) is 11.8 Å². The quantitative estimate of drug-likeness (QED) is 0.617. The number of morpholine rings is 1. The topological polar surface area (TPSA) is 79.0 Å². The SMILES string of the molecule is CNCc1cc2nc(-c3nc(CSC(C)C)cc(N4CCOCC4)n3)ccc2[nH]1. The van der Waals surface area contributed by atoms with Crippen LogP contribution in [0.1, 0.15) is 25.2 Å². The molecule has 4 rings (SSSR count). The number of nitrogens with one attached hydrogen (secondary N) is 2. The smallest absolute Gasteiger partial charge is 0.180 e. The minimum atomic E-state index is 0.556. The van der Waals surface area contributed by atoms with Gasteiger partial charge in [0.2, 0.25) is 0 Å². The van der Waals surface area contributed by atoms with Crippen molar-refractivity contribution in [1.82, 2.24) is 25.3 Å². The van der Waals surface area contributed by atoms with Crippen LogP contribution in [-0.2, 0) is 17.0 Å². The summed E-state index contributed by atoms with van der Waals surface area (Å²) in [4.78, 5) is 20.2. The number of pyridine rings is 1. The molecule has 3 aromatic rings. The predicted octanol–water partition coefficient (Wildman–Crippen LogP) is 3.22. The molecule has 1 fully saturated rings. The van der Waals surface area contributed by atoms with E-state index in [-0.39, 0.29) is 0 Å². The average molecular weight is 413 g/mol. The number of anilines is 1. The summed E-state index contributed by atoms with van der Waals surface area (Å²) < 4.78 is 5.51. The second-order valence-corrected chi connectivity index (χ2v) is 9.02. The summed E-state index contributed by atoms with van der Waals surface area (Å²) >= 11 is 1.89. The van der Waals surface area contributed by atoms with Gasteiger partial charge in [-0.05, 0) is 30.5 Å². The molecule has 1 aliphatic heterocycles. The summed E-state index contributed by atoms with van der Waals surface area (Å²) in [6, 6.07) is 8.25. The van der Waals surface area contributed by atoms with Gasteiger partial charge in [0.25, 0.3) is 0 Å². The molecule has 0 unspecified atom stereocenters. The number of H-pyrrole nitrogens is 1. The second kappa shape index (κ2) is 9.11. The third-order valence-electron chi connectivity index (χ3n) is 4.79. The van der Waals surface area contributed by atoms with E-state index in [0.717, 1.165) is 72.5 Å². The highest BCUT2D eigenvalue weighted by atomic mass is 32.2. The van der Waals surface area contributed by atoms with Crippen molar-refractivity contribution >= 4 is 28.6 Å². The van der Waals surface area contributed by atoms with Crippen LogP contribution in [0.25, 0.3) is 22.6 Å². The van der Waals surface area contributed by atoms with Gasteiger partial charge in [-0.1, -0.05) is 13.8 Å². The van der Waals surface area contributed by atoms with Crippen molar-refractivity contribution in [3.63, 3.8) is 0 Å². The Bertz CT molecular complexity index is 967. The number of hydrogen-bond acceptors (Lipinski definition) is 7. The molecule has 0 spiro atoms. The van der Waals surface area contributed by atoms with Crippen molar-refractivity contribution in [3.05, 3.63) is 35.7 Å². The molecule has 0 radical (unpaired) electrons. The van der Waals surface area contributed by atoms with E-state index >= 15 is 0 Å². The van der Waals surface area contributed by atoms with Gasteiger partial charge in [0.05, 0.1) is 29.9 Å². The molecule has 0 saturated carbocycles. The molecule has 154 valence electrons. The highest BCUT2D eigenvalue weighted by molar-refractivity contribution is 7.99. The lowest BCUT2D eigenvalue weighted by molar-refractivity contribution is 0.122. The third kappa shape index (κ3) is 4.88. The van der Waals surface area contributed by atoms with Crippen LogP contribution < -0.4 is 10.2 Å². The Hall–Kier alpha value is -2.16. The number of rotatable bonds is 7. The van der Waals surface area contributed by atoms with Crippen molar-refractivity contribution in [2.45, 2.75) is 31.4 Å². The molecule has 29 heavy (non-hydrogen) atoms. The van der Waals surface area contributed by atoms with Crippen LogP contribution in [0.3, 0.4) is 0 Å². The monoisotopic (exact) mass is 412 g/mol. The van der Waals surface area contributed by atoms with Gasteiger partial charge in [-0.3, -0.25) is 0 Å². The predicted molar refractivity (Wildman–Crippen MR) is 119 cm³/mol. The fraction of sp³-hybridized carbons (Fsp3) is 0.476. The molecule has 0 aromatic carbocycles. The van der Waals surface area contributed by atoms with Gasteiger partial charge in [0.1, 0.15) is 11.5 Å². The highest BCUT2D eigenvalue weighted by Gasteiger charge is 2.17. The van der Waals surface area contributed by atoms with E-state index in [2.05, 4.69) is 47.2 Å². The lowest BCUT2D eigenvalue weighted by Gasteiger charge is -2.28. The molecule has 2 N–H and O–H groups in total. The molecule has 0 bridgehead atoms. The highest BCUT2D eigenvalue weighted by Crippen LogP contribution is 2.25. The molecule has 3 aromatic heterocycles. The number of ether oxygens (including phenoxy) is 1. The van der Waals surface area contributed by atoms with Crippen LogP contribution >= 0.6 is 11.8 Å². The zero-order chi connectivity index (χ0) is 20.2. The van der Waals surface area contributed by atoms with Crippen molar-refractivity contribution in [2.24, 2.45) is 0 Å². The minimum Gasteiger partial charge on any atom is -0.378 e. The number of hydrogen-bond donors (Lipinski definition) is 2. The summed E-state index contributed by atoms with van der Waals surface area (Å²) in [6.45, 7) is 8.37. The Kier molecular flexibility index (Phi) is 6.32. The zero-order valence-corrected chi connectivity index (χ0v) is 18.1. The molecular weight excluding hydrogens is 384 g/mol. The van der Waals surface area contributed by atoms with Crippen LogP contribution in [-0.4, -0.2) is 58.5 Å². The van der Waals surface area contributed by atoms with Gasteiger partial charge >= 0.3 is 0 Å².